The van der Waals surface area contributed by atoms with Crippen LogP contribution in [0.25, 0.3) is 74.4 Å². The van der Waals surface area contributed by atoms with Crippen LogP contribution >= 0.6 is 34.0 Å². The largest absolute Gasteiger partial charge is 0.288 e. The lowest BCUT2D eigenvalue weighted by Crippen LogP contribution is -2.13. The van der Waals surface area contributed by atoms with E-state index in [1.54, 1.807) is 46.2 Å². The second-order valence-electron chi connectivity index (χ2n) is 15.5. The van der Waals surface area contributed by atoms with Crippen molar-refractivity contribution in [3.05, 3.63) is 163 Å². The first-order valence-electron chi connectivity index (χ1n) is 18.4. The van der Waals surface area contributed by atoms with Crippen LogP contribution in [-0.4, -0.2) is 23.1 Å². The summed E-state index contributed by atoms with van der Waals surface area (Å²) < 4.78 is 2.28. The quantitative estimate of drug-likeness (QED) is 0.0996. The number of allylic oxidation sites excluding steroid dienone is 2. The molecule has 3 aliphatic carbocycles. The monoisotopic (exact) mass is 774 g/mol. The van der Waals surface area contributed by atoms with Gasteiger partial charge in [-0.25, -0.2) is 0 Å². The van der Waals surface area contributed by atoms with E-state index in [9.17, 15) is 19.2 Å². The first-order chi connectivity index (χ1) is 27.1. The van der Waals surface area contributed by atoms with Crippen molar-refractivity contribution in [3.8, 4) is 9.75 Å². The maximum Gasteiger partial charge on any atom is 0.197 e. The molecule has 0 saturated carbocycles. The van der Waals surface area contributed by atoms with Gasteiger partial charge in [0.2, 0.25) is 0 Å². The van der Waals surface area contributed by atoms with Crippen molar-refractivity contribution >= 4 is 122 Å². The van der Waals surface area contributed by atoms with E-state index in [1.807, 2.05) is 48.5 Å². The van der Waals surface area contributed by atoms with Crippen LogP contribution in [0.15, 0.2) is 120 Å². The summed E-state index contributed by atoms with van der Waals surface area (Å²) in [6, 6.07) is 36.2. The molecule has 0 bridgehead atoms. The minimum Gasteiger partial charge on any atom is -0.288 e. The Bertz CT molecular complexity index is 3320. The van der Waals surface area contributed by atoms with Gasteiger partial charge in [0, 0.05) is 47.0 Å². The van der Waals surface area contributed by atoms with Crippen LogP contribution in [-0.2, 0) is 5.41 Å². The number of thiophene rings is 3. The van der Waals surface area contributed by atoms with Gasteiger partial charge >= 0.3 is 0 Å². The highest BCUT2D eigenvalue weighted by atomic mass is 32.1. The summed E-state index contributed by atoms with van der Waals surface area (Å²) in [6.45, 7) is 4.44. The van der Waals surface area contributed by atoms with E-state index in [2.05, 4.69) is 74.5 Å². The van der Waals surface area contributed by atoms with Gasteiger partial charge in [0.25, 0.3) is 0 Å². The van der Waals surface area contributed by atoms with E-state index in [0.29, 0.717) is 22.3 Å². The number of carbonyl (C=O) groups excluding carboxylic acids is 4. The van der Waals surface area contributed by atoms with Gasteiger partial charge in [-0.15, -0.1) is 34.0 Å². The van der Waals surface area contributed by atoms with Gasteiger partial charge in [-0.3, -0.25) is 19.2 Å². The third kappa shape index (κ3) is 4.33. The Labute approximate surface area is 331 Å². The molecule has 0 aliphatic heterocycles. The lowest BCUT2D eigenvalue weighted by molar-refractivity contribution is 0.0975. The number of ketones is 4. The predicted molar refractivity (Wildman–Crippen MR) is 231 cm³/mol. The van der Waals surface area contributed by atoms with Crippen LogP contribution in [0.5, 0.6) is 0 Å². The van der Waals surface area contributed by atoms with Gasteiger partial charge in [-0.2, -0.15) is 0 Å². The Hall–Kier alpha value is -6.12. The number of fused-ring (bicyclic) bond motifs is 11. The summed E-state index contributed by atoms with van der Waals surface area (Å²) in [5.74, 6) is -0.905. The van der Waals surface area contributed by atoms with E-state index < -0.39 is 0 Å². The normalized spacial score (nSPS) is 15.5. The topological polar surface area (TPSA) is 68.3 Å². The van der Waals surface area contributed by atoms with Crippen LogP contribution in [0.4, 0.5) is 0 Å². The Morgan fingerprint density at radius 3 is 1.29 bits per heavy atom. The average molecular weight is 775 g/mol. The Kier molecular flexibility index (Phi) is 6.32. The first-order valence-corrected chi connectivity index (χ1v) is 20.8. The molecule has 6 aromatic carbocycles. The summed E-state index contributed by atoms with van der Waals surface area (Å²) in [5.41, 5.74) is 4.38. The molecule has 0 saturated heterocycles. The van der Waals surface area contributed by atoms with Gasteiger partial charge in [0.15, 0.2) is 23.1 Å². The highest BCUT2D eigenvalue weighted by Crippen LogP contribution is 2.59. The number of benzene rings is 6. The van der Waals surface area contributed by atoms with Gasteiger partial charge in [-0.1, -0.05) is 62.4 Å². The molecule has 4 nitrogen and oxygen atoms in total. The van der Waals surface area contributed by atoms with E-state index in [1.165, 1.54) is 16.0 Å². The van der Waals surface area contributed by atoms with Crippen molar-refractivity contribution < 1.29 is 19.2 Å². The third-order valence-corrected chi connectivity index (χ3v) is 15.5. The zero-order valence-electron chi connectivity index (χ0n) is 29.9. The zero-order chi connectivity index (χ0) is 37.8. The summed E-state index contributed by atoms with van der Waals surface area (Å²) in [5, 5.41) is 8.16. The molecule has 0 fully saturated rings. The van der Waals surface area contributed by atoms with E-state index >= 15 is 0 Å². The minimum absolute atomic E-state index is 0.209. The average Bonchev–Trinajstić information content (AvgIpc) is 4.00. The van der Waals surface area contributed by atoms with Gasteiger partial charge in [-0.05, 0) is 127 Å². The molecule has 3 aliphatic rings. The van der Waals surface area contributed by atoms with Crippen LogP contribution in [0, 0.1) is 0 Å². The Morgan fingerprint density at radius 1 is 0.446 bits per heavy atom. The SMILES string of the molecule is CC1(C)c2cc(C=C3C(=O)c4cc5cc6ccccc6cc5cc4C3=O)sc2-c2sc3cc(C=C4C(=O)c5cc6cc7ccccc7cc6cc5C4=O)sc3c21. The molecule has 0 spiro atoms. The molecular weight excluding hydrogens is 749 g/mol. The summed E-state index contributed by atoms with van der Waals surface area (Å²) in [4.78, 5) is 59.0. The maximum atomic E-state index is 13.7. The molecule has 56 heavy (non-hydrogen) atoms. The summed E-state index contributed by atoms with van der Waals surface area (Å²) >= 11 is 4.95. The highest BCUT2D eigenvalue weighted by molar-refractivity contribution is 7.32. The lowest BCUT2D eigenvalue weighted by atomic mass is 9.84. The van der Waals surface area contributed by atoms with E-state index in [4.69, 9.17) is 0 Å². The van der Waals surface area contributed by atoms with Crippen LogP contribution in [0.2, 0.25) is 0 Å². The molecule has 3 aromatic heterocycles. The highest BCUT2D eigenvalue weighted by Gasteiger charge is 2.42. The molecular formula is C49H26O4S3. The van der Waals surface area contributed by atoms with Crippen molar-refractivity contribution in [2.45, 2.75) is 19.3 Å². The Morgan fingerprint density at radius 2 is 0.857 bits per heavy atom. The summed E-state index contributed by atoms with van der Waals surface area (Å²) in [6.07, 6.45) is 3.56. The lowest BCUT2D eigenvalue weighted by Gasteiger charge is -2.19. The molecule has 7 heteroatoms. The second kappa shape index (κ2) is 11.0. The van der Waals surface area contributed by atoms with Crippen molar-refractivity contribution in [2.24, 2.45) is 0 Å². The Balaban J connectivity index is 0.879. The molecule has 12 rings (SSSR count). The van der Waals surface area contributed by atoms with Crippen LogP contribution in [0.3, 0.4) is 0 Å². The van der Waals surface area contributed by atoms with Crippen molar-refractivity contribution in [2.75, 3.05) is 0 Å². The van der Waals surface area contributed by atoms with Crippen molar-refractivity contribution in [3.63, 3.8) is 0 Å². The molecule has 0 N–H and O–H groups in total. The zero-order valence-corrected chi connectivity index (χ0v) is 32.4. The van der Waals surface area contributed by atoms with E-state index in [0.717, 1.165) is 67.1 Å². The fourth-order valence-electron chi connectivity index (χ4n) is 9.02. The predicted octanol–water partition coefficient (Wildman–Crippen LogP) is 12.9. The number of hydrogen-bond donors (Lipinski definition) is 0. The van der Waals surface area contributed by atoms with Gasteiger partial charge in [0.1, 0.15) is 0 Å². The fraction of sp³-hybridized carbons (Fsp3) is 0.0612. The number of rotatable bonds is 2. The maximum absolute atomic E-state index is 13.7. The van der Waals surface area contributed by atoms with Gasteiger partial charge in [0.05, 0.1) is 20.7 Å². The molecule has 0 unspecified atom stereocenters. The first kappa shape index (κ1) is 32.2. The molecule has 0 amide bonds. The van der Waals surface area contributed by atoms with Crippen LogP contribution < -0.4 is 0 Å². The molecule has 3 heterocycles. The van der Waals surface area contributed by atoms with Crippen LogP contribution in [0.1, 0.15) is 76.2 Å². The summed E-state index contributed by atoms with van der Waals surface area (Å²) in [7, 11) is 0. The number of carbonyl (C=O) groups is 4. The fourth-order valence-corrected chi connectivity index (χ4v) is 13.3. The number of hydrogen-bond acceptors (Lipinski definition) is 7. The van der Waals surface area contributed by atoms with Crippen molar-refractivity contribution in [1.82, 2.24) is 0 Å². The molecule has 0 radical (unpaired) electrons. The van der Waals surface area contributed by atoms with Gasteiger partial charge < -0.3 is 0 Å². The third-order valence-electron chi connectivity index (χ3n) is 11.9. The standard InChI is InChI=1S/C49H26O4S3/c1-49(2)39-21-31(19-37-42(50)33-15-27-11-23-7-3-4-8-24(23)12-28(27)16-34(33)43(37)51)54-46(39)48-41(49)47-40(56-48)22-32(55-47)20-38-44(52)35-17-29-13-25-9-5-6-10-26(25)14-30(29)18-36(35)45(38)53/h3-22H,1-2H3. The minimum atomic E-state index is -0.323. The smallest absolute Gasteiger partial charge is 0.197 e. The van der Waals surface area contributed by atoms with Crippen molar-refractivity contribution in [1.29, 1.82) is 0 Å². The van der Waals surface area contributed by atoms with E-state index in [-0.39, 0.29) is 39.7 Å². The molecule has 0 atom stereocenters. The second-order valence-corrected chi connectivity index (χ2v) is 18.7. The molecule has 264 valence electrons. The number of Topliss-reactive ketones (excluding diaryl/α,β-unsaturated/α-hetero) is 4. The molecule has 9 aromatic rings.